The molecule has 0 heterocycles. The number of carbonyl (C=O) groups excluding carboxylic acids is 2. The van der Waals surface area contributed by atoms with Crippen LogP contribution in [0.4, 0.5) is 0 Å². The highest BCUT2D eigenvalue weighted by Gasteiger charge is 2.56. The molecule has 2 aromatic rings. The second-order valence-corrected chi connectivity index (χ2v) is 8.82. The number of rotatable bonds is 7. The molecular formula is C26H32O4. The van der Waals surface area contributed by atoms with Crippen LogP contribution >= 0.6 is 0 Å². The van der Waals surface area contributed by atoms with Gasteiger partial charge in [0.15, 0.2) is 0 Å². The molecule has 0 aliphatic heterocycles. The molecule has 3 atom stereocenters. The summed E-state index contributed by atoms with van der Waals surface area (Å²) in [4.78, 5) is 26.4. The van der Waals surface area contributed by atoms with Gasteiger partial charge in [-0.1, -0.05) is 68.8 Å². The maximum absolute atomic E-state index is 13.5. The van der Waals surface area contributed by atoms with Crippen LogP contribution < -0.4 is 0 Å². The average Bonchev–Trinajstić information content (AvgIpc) is 3.16. The highest BCUT2D eigenvalue weighted by atomic mass is 16.6. The lowest BCUT2D eigenvalue weighted by molar-refractivity contribution is -0.165. The summed E-state index contributed by atoms with van der Waals surface area (Å²) >= 11 is 0. The molecule has 1 fully saturated rings. The Morgan fingerprint density at radius 3 is 2.47 bits per heavy atom. The SMILES string of the molecule is Cc1cccc(C(=O)OC2CCCC2(C(=O)OCC(C)C)C(C)c2ccccc2)c1. The van der Waals surface area contributed by atoms with Gasteiger partial charge >= 0.3 is 11.9 Å². The molecule has 3 rings (SSSR count). The molecule has 30 heavy (non-hydrogen) atoms. The van der Waals surface area contributed by atoms with Gasteiger partial charge in [-0.3, -0.25) is 4.79 Å². The van der Waals surface area contributed by atoms with Gasteiger partial charge in [0.2, 0.25) is 0 Å². The molecule has 0 N–H and O–H groups in total. The maximum Gasteiger partial charge on any atom is 0.338 e. The van der Waals surface area contributed by atoms with Gasteiger partial charge in [-0.15, -0.1) is 0 Å². The number of hydrogen-bond donors (Lipinski definition) is 0. The van der Waals surface area contributed by atoms with Crippen molar-refractivity contribution in [3.05, 3.63) is 71.3 Å². The Hall–Kier alpha value is -2.62. The summed E-state index contributed by atoms with van der Waals surface area (Å²) in [6, 6.07) is 17.3. The van der Waals surface area contributed by atoms with E-state index in [1.165, 1.54) is 0 Å². The molecule has 0 radical (unpaired) electrons. The van der Waals surface area contributed by atoms with E-state index in [0.717, 1.165) is 17.5 Å². The van der Waals surface area contributed by atoms with E-state index in [4.69, 9.17) is 9.47 Å². The van der Waals surface area contributed by atoms with E-state index in [1.807, 2.05) is 76.2 Å². The van der Waals surface area contributed by atoms with E-state index < -0.39 is 11.5 Å². The molecule has 4 nitrogen and oxygen atoms in total. The highest BCUT2D eigenvalue weighted by Crippen LogP contribution is 2.51. The van der Waals surface area contributed by atoms with Crippen molar-refractivity contribution >= 4 is 11.9 Å². The van der Waals surface area contributed by atoms with E-state index in [1.54, 1.807) is 6.07 Å². The second-order valence-electron chi connectivity index (χ2n) is 8.82. The zero-order chi connectivity index (χ0) is 21.7. The predicted molar refractivity (Wildman–Crippen MR) is 117 cm³/mol. The van der Waals surface area contributed by atoms with Crippen molar-refractivity contribution in [1.29, 1.82) is 0 Å². The molecule has 0 spiro atoms. The molecular weight excluding hydrogens is 376 g/mol. The Kier molecular flexibility index (Phi) is 6.96. The first kappa shape index (κ1) is 22.1. The van der Waals surface area contributed by atoms with Crippen LogP contribution in [0.25, 0.3) is 0 Å². The fraction of sp³-hybridized carbons (Fsp3) is 0.462. The van der Waals surface area contributed by atoms with Crippen LogP contribution in [0.3, 0.4) is 0 Å². The van der Waals surface area contributed by atoms with Crippen molar-refractivity contribution < 1.29 is 19.1 Å². The number of benzene rings is 2. The lowest BCUT2D eigenvalue weighted by Crippen LogP contribution is -2.46. The van der Waals surface area contributed by atoms with Crippen molar-refractivity contribution in [3.63, 3.8) is 0 Å². The minimum atomic E-state index is -0.879. The van der Waals surface area contributed by atoms with Crippen LogP contribution in [0.15, 0.2) is 54.6 Å². The summed E-state index contributed by atoms with van der Waals surface area (Å²) in [5.41, 5.74) is 1.68. The van der Waals surface area contributed by atoms with Gasteiger partial charge < -0.3 is 9.47 Å². The van der Waals surface area contributed by atoms with E-state index in [9.17, 15) is 9.59 Å². The molecule has 1 saturated carbocycles. The van der Waals surface area contributed by atoms with Gasteiger partial charge in [0.05, 0.1) is 12.2 Å². The zero-order valence-corrected chi connectivity index (χ0v) is 18.4. The average molecular weight is 409 g/mol. The van der Waals surface area contributed by atoms with Crippen molar-refractivity contribution in [2.24, 2.45) is 11.3 Å². The third-order valence-corrected chi connectivity index (χ3v) is 6.13. The largest absolute Gasteiger partial charge is 0.465 e. The number of aryl methyl sites for hydroxylation is 1. The minimum Gasteiger partial charge on any atom is -0.465 e. The summed E-state index contributed by atoms with van der Waals surface area (Å²) in [7, 11) is 0. The van der Waals surface area contributed by atoms with Crippen LogP contribution in [0, 0.1) is 18.3 Å². The Bertz CT molecular complexity index is 874. The van der Waals surface area contributed by atoms with E-state index in [-0.39, 0.29) is 23.8 Å². The van der Waals surface area contributed by atoms with Crippen molar-refractivity contribution in [1.82, 2.24) is 0 Å². The van der Waals surface area contributed by atoms with Gasteiger partial charge in [0.25, 0.3) is 0 Å². The maximum atomic E-state index is 13.5. The van der Waals surface area contributed by atoms with Crippen LogP contribution in [0.5, 0.6) is 0 Å². The number of esters is 2. The molecule has 160 valence electrons. The van der Waals surface area contributed by atoms with E-state index >= 15 is 0 Å². The number of hydrogen-bond acceptors (Lipinski definition) is 4. The van der Waals surface area contributed by atoms with E-state index in [0.29, 0.717) is 25.0 Å². The fourth-order valence-electron chi connectivity index (χ4n) is 4.45. The zero-order valence-electron chi connectivity index (χ0n) is 18.4. The molecule has 3 unspecified atom stereocenters. The first-order valence-corrected chi connectivity index (χ1v) is 10.8. The lowest BCUT2D eigenvalue weighted by Gasteiger charge is -2.38. The Morgan fingerprint density at radius 1 is 1.07 bits per heavy atom. The third-order valence-electron chi connectivity index (χ3n) is 6.13. The summed E-state index contributed by atoms with van der Waals surface area (Å²) < 4.78 is 11.7. The monoisotopic (exact) mass is 408 g/mol. The number of ether oxygens (including phenoxy) is 2. The molecule has 0 bridgehead atoms. The molecule has 0 saturated heterocycles. The summed E-state index contributed by atoms with van der Waals surface area (Å²) in [5.74, 6) is -0.525. The molecule has 2 aromatic carbocycles. The van der Waals surface area contributed by atoms with Crippen LogP contribution in [0.1, 0.15) is 67.4 Å². The summed E-state index contributed by atoms with van der Waals surface area (Å²) in [6.45, 7) is 8.39. The Labute approximate surface area is 179 Å². The molecule has 4 heteroatoms. The predicted octanol–water partition coefficient (Wildman–Crippen LogP) is 5.69. The Balaban J connectivity index is 1.93. The van der Waals surface area contributed by atoms with E-state index in [2.05, 4.69) is 0 Å². The van der Waals surface area contributed by atoms with Gasteiger partial charge in [-0.05, 0) is 49.8 Å². The third kappa shape index (κ3) is 4.58. The smallest absolute Gasteiger partial charge is 0.338 e. The van der Waals surface area contributed by atoms with Crippen molar-refractivity contribution in [3.8, 4) is 0 Å². The molecule has 0 amide bonds. The van der Waals surface area contributed by atoms with Crippen molar-refractivity contribution in [2.75, 3.05) is 6.61 Å². The second kappa shape index (κ2) is 9.46. The van der Waals surface area contributed by atoms with Gasteiger partial charge in [-0.2, -0.15) is 0 Å². The number of carbonyl (C=O) groups is 2. The first-order chi connectivity index (χ1) is 14.3. The van der Waals surface area contributed by atoms with Crippen LogP contribution in [-0.2, 0) is 14.3 Å². The Morgan fingerprint density at radius 2 is 1.80 bits per heavy atom. The van der Waals surface area contributed by atoms with Gasteiger partial charge in [0, 0.05) is 5.92 Å². The molecule has 1 aliphatic carbocycles. The molecule has 0 aromatic heterocycles. The van der Waals surface area contributed by atoms with Crippen molar-refractivity contribution in [2.45, 2.75) is 59.0 Å². The standard InChI is InChI=1S/C26H32O4/c1-18(2)17-29-25(28)26(20(4)21-11-6-5-7-12-21)15-9-14-23(26)30-24(27)22-13-8-10-19(3)16-22/h5-8,10-13,16,18,20,23H,9,14-15,17H2,1-4H3. The fourth-order valence-corrected chi connectivity index (χ4v) is 4.45. The quantitative estimate of drug-likeness (QED) is 0.552. The summed E-state index contributed by atoms with van der Waals surface area (Å²) in [5, 5.41) is 0. The summed E-state index contributed by atoms with van der Waals surface area (Å²) in [6.07, 6.45) is 1.61. The topological polar surface area (TPSA) is 52.6 Å². The van der Waals surface area contributed by atoms with Gasteiger partial charge in [-0.25, -0.2) is 4.79 Å². The highest BCUT2D eigenvalue weighted by molar-refractivity contribution is 5.90. The first-order valence-electron chi connectivity index (χ1n) is 10.8. The van der Waals surface area contributed by atoms with Crippen LogP contribution in [0.2, 0.25) is 0 Å². The lowest BCUT2D eigenvalue weighted by atomic mass is 9.70. The van der Waals surface area contributed by atoms with Gasteiger partial charge in [0.1, 0.15) is 11.5 Å². The van der Waals surface area contributed by atoms with Crippen LogP contribution in [-0.4, -0.2) is 24.6 Å². The molecule has 1 aliphatic rings. The normalized spacial score (nSPS) is 22.0. The minimum absolute atomic E-state index is 0.129.